The summed E-state index contributed by atoms with van der Waals surface area (Å²) in [7, 11) is 0. The highest BCUT2D eigenvalue weighted by molar-refractivity contribution is 5.75. The molecule has 0 heterocycles. The zero-order valence-electron chi connectivity index (χ0n) is 18.6. The van der Waals surface area contributed by atoms with E-state index in [0.29, 0.717) is 31.2 Å². The van der Waals surface area contributed by atoms with Crippen LogP contribution in [0, 0.1) is 11.8 Å². The molecule has 5 atom stereocenters. The van der Waals surface area contributed by atoms with Crippen LogP contribution in [0.15, 0.2) is 30.3 Å². The van der Waals surface area contributed by atoms with Gasteiger partial charge in [0.1, 0.15) is 5.78 Å². The molecule has 180 valence electrons. The van der Waals surface area contributed by atoms with Crippen molar-refractivity contribution in [3.05, 3.63) is 41.5 Å². The van der Waals surface area contributed by atoms with Crippen LogP contribution in [0.2, 0.25) is 0 Å². The lowest BCUT2D eigenvalue weighted by atomic mass is 9.85. The third-order valence-electron chi connectivity index (χ3n) is 6.36. The van der Waals surface area contributed by atoms with Crippen LogP contribution in [0.4, 0.5) is 13.2 Å². The van der Waals surface area contributed by atoms with Crippen LogP contribution in [-0.4, -0.2) is 39.4 Å². The highest BCUT2D eigenvalue weighted by Crippen LogP contribution is 2.39. The lowest BCUT2D eigenvalue weighted by Crippen LogP contribution is -2.23. The van der Waals surface area contributed by atoms with Gasteiger partial charge in [-0.2, -0.15) is 13.2 Å². The molecule has 1 saturated carbocycles. The second-order valence-electron chi connectivity index (χ2n) is 8.98. The lowest BCUT2D eigenvalue weighted by molar-refractivity contribution is -0.137. The molecule has 0 aromatic heterocycles. The number of aliphatic hydroxyl groups excluding tert-OH is 3. The zero-order valence-corrected chi connectivity index (χ0v) is 18.6. The number of unbranched alkanes of at least 4 members (excludes halogenated alkanes) is 3. The van der Waals surface area contributed by atoms with Crippen LogP contribution in [0.25, 0.3) is 6.08 Å². The Morgan fingerprint density at radius 1 is 1.09 bits per heavy atom. The van der Waals surface area contributed by atoms with E-state index >= 15 is 0 Å². The smallest absolute Gasteiger partial charge is 0.393 e. The average Bonchev–Trinajstić information content (AvgIpc) is 2.99. The summed E-state index contributed by atoms with van der Waals surface area (Å²) in [5.74, 6) is 0.0522. The van der Waals surface area contributed by atoms with Gasteiger partial charge in [0.2, 0.25) is 0 Å². The van der Waals surface area contributed by atoms with E-state index in [1.54, 1.807) is 13.0 Å². The van der Waals surface area contributed by atoms with E-state index in [1.807, 2.05) is 0 Å². The van der Waals surface area contributed by atoms with Crippen molar-refractivity contribution in [3.63, 3.8) is 0 Å². The van der Waals surface area contributed by atoms with E-state index in [-0.39, 0.29) is 17.6 Å². The Morgan fingerprint density at radius 3 is 2.41 bits per heavy atom. The first kappa shape index (κ1) is 26.6. The van der Waals surface area contributed by atoms with Crippen molar-refractivity contribution in [1.82, 2.24) is 0 Å². The van der Waals surface area contributed by atoms with E-state index in [9.17, 15) is 33.3 Å². The van der Waals surface area contributed by atoms with E-state index in [2.05, 4.69) is 0 Å². The fraction of sp³-hybridized carbons (Fsp3) is 0.640. The number of aliphatic hydroxyl groups is 3. The molecule has 1 fully saturated rings. The van der Waals surface area contributed by atoms with Gasteiger partial charge in [-0.1, -0.05) is 43.5 Å². The Bertz CT molecular complexity index is 747. The summed E-state index contributed by atoms with van der Waals surface area (Å²) < 4.78 is 38.4. The molecule has 0 amide bonds. The summed E-state index contributed by atoms with van der Waals surface area (Å²) >= 11 is 0. The Kier molecular flexibility index (Phi) is 10.4. The van der Waals surface area contributed by atoms with Crippen molar-refractivity contribution in [2.45, 2.75) is 89.2 Å². The molecular weight excluding hydrogens is 421 g/mol. The van der Waals surface area contributed by atoms with Crippen LogP contribution >= 0.6 is 0 Å². The molecule has 1 aliphatic carbocycles. The molecule has 4 nitrogen and oxygen atoms in total. The molecule has 0 aliphatic heterocycles. The first-order chi connectivity index (χ1) is 15.1. The van der Waals surface area contributed by atoms with Crippen molar-refractivity contribution in [2.24, 2.45) is 11.8 Å². The lowest BCUT2D eigenvalue weighted by Gasteiger charge is -2.24. The number of carbonyl (C=O) groups is 1. The van der Waals surface area contributed by atoms with E-state index in [1.165, 1.54) is 18.2 Å². The minimum absolute atomic E-state index is 0.0301. The van der Waals surface area contributed by atoms with Gasteiger partial charge in [-0.25, -0.2) is 0 Å². The molecule has 1 aliphatic rings. The Balaban J connectivity index is 1.82. The summed E-state index contributed by atoms with van der Waals surface area (Å²) in [4.78, 5) is 11.0. The third-order valence-corrected chi connectivity index (χ3v) is 6.36. The third kappa shape index (κ3) is 8.68. The molecule has 3 N–H and O–H groups in total. The van der Waals surface area contributed by atoms with Crippen molar-refractivity contribution in [2.75, 3.05) is 0 Å². The fourth-order valence-electron chi connectivity index (χ4n) is 4.59. The van der Waals surface area contributed by atoms with Crippen LogP contribution in [0.1, 0.15) is 75.8 Å². The van der Waals surface area contributed by atoms with Gasteiger partial charge in [0, 0.05) is 6.42 Å². The minimum Gasteiger partial charge on any atom is -0.393 e. The number of carbonyl (C=O) groups excluding carboxylic acids is 1. The topological polar surface area (TPSA) is 77.8 Å². The average molecular weight is 457 g/mol. The Morgan fingerprint density at radius 2 is 1.75 bits per heavy atom. The fourth-order valence-corrected chi connectivity index (χ4v) is 4.59. The number of hydrogen-bond acceptors (Lipinski definition) is 4. The summed E-state index contributed by atoms with van der Waals surface area (Å²) in [6, 6.07) is 4.91. The van der Waals surface area contributed by atoms with Gasteiger partial charge in [0.25, 0.3) is 0 Å². The van der Waals surface area contributed by atoms with Crippen LogP contribution < -0.4 is 0 Å². The van der Waals surface area contributed by atoms with Gasteiger partial charge < -0.3 is 20.1 Å². The predicted molar refractivity (Wildman–Crippen MR) is 118 cm³/mol. The molecule has 1 unspecified atom stereocenters. The number of hydrogen-bond donors (Lipinski definition) is 3. The minimum atomic E-state index is -4.41. The van der Waals surface area contributed by atoms with E-state index in [4.69, 9.17) is 0 Å². The van der Waals surface area contributed by atoms with Crippen molar-refractivity contribution < 1.29 is 33.3 Å². The number of halogens is 3. The number of Topliss-reactive ketones (excluding diaryl/α,β-unsaturated/α-hetero) is 1. The highest BCUT2D eigenvalue weighted by atomic mass is 19.4. The van der Waals surface area contributed by atoms with Gasteiger partial charge in [0.15, 0.2) is 0 Å². The number of ketones is 1. The quantitative estimate of drug-likeness (QED) is 0.380. The highest BCUT2D eigenvalue weighted by Gasteiger charge is 2.40. The van der Waals surface area contributed by atoms with Gasteiger partial charge in [-0.3, -0.25) is 0 Å². The monoisotopic (exact) mass is 456 g/mol. The van der Waals surface area contributed by atoms with Gasteiger partial charge in [0.05, 0.1) is 23.9 Å². The van der Waals surface area contributed by atoms with Gasteiger partial charge in [-0.15, -0.1) is 0 Å². The van der Waals surface area contributed by atoms with Crippen molar-refractivity contribution >= 4 is 11.9 Å². The first-order valence-electron chi connectivity index (χ1n) is 11.5. The van der Waals surface area contributed by atoms with Crippen LogP contribution in [0.3, 0.4) is 0 Å². The van der Waals surface area contributed by atoms with Crippen molar-refractivity contribution in [3.8, 4) is 0 Å². The summed E-state index contributed by atoms with van der Waals surface area (Å²) in [6.07, 6.45) is 2.84. The summed E-state index contributed by atoms with van der Waals surface area (Å²) in [5, 5.41) is 31.0. The molecule has 0 spiro atoms. The molecule has 1 aromatic carbocycles. The second kappa shape index (κ2) is 12.5. The van der Waals surface area contributed by atoms with Crippen LogP contribution in [0.5, 0.6) is 0 Å². The molecule has 7 heteroatoms. The maximum atomic E-state index is 12.8. The molecular formula is C25H35F3O4. The summed E-state index contributed by atoms with van der Waals surface area (Å²) in [6.45, 7) is 1.59. The van der Waals surface area contributed by atoms with Gasteiger partial charge in [-0.05, 0) is 68.6 Å². The predicted octanol–water partition coefficient (Wildman–Crippen LogP) is 5.15. The van der Waals surface area contributed by atoms with Crippen LogP contribution in [-0.2, 0) is 11.0 Å². The first-order valence-corrected chi connectivity index (χ1v) is 11.5. The Hall–Kier alpha value is -1.70. The molecule has 0 radical (unpaired) electrons. The number of alkyl halides is 3. The number of rotatable bonds is 12. The molecule has 32 heavy (non-hydrogen) atoms. The number of benzene rings is 1. The maximum absolute atomic E-state index is 12.8. The maximum Gasteiger partial charge on any atom is 0.416 e. The second-order valence-corrected chi connectivity index (χ2v) is 8.98. The summed E-state index contributed by atoms with van der Waals surface area (Å²) in [5.41, 5.74) is -0.376. The van der Waals surface area contributed by atoms with E-state index in [0.717, 1.165) is 44.2 Å². The molecule has 0 saturated heterocycles. The molecule has 0 bridgehead atoms. The SMILES string of the molecule is CC(=O)CCCCCC[C@@H]1[C@@H](CCC(O)/C=C/c2cccc(C(F)(F)F)c2)[C@H](O)C[C@@H]1O. The normalized spacial score (nSPS) is 24.8. The van der Waals surface area contributed by atoms with E-state index < -0.39 is 30.1 Å². The van der Waals surface area contributed by atoms with Gasteiger partial charge >= 0.3 is 6.18 Å². The Labute approximate surface area is 188 Å². The molecule has 2 rings (SSSR count). The standard InChI is InChI=1S/C25H35F3O4/c1-17(29)7-4-2-3-5-10-21-22(24(32)16-23(21)31)14-13-20(30)12-11-18-8-6-9-19(15-18)25(26,27)28/h6,8-9,11-12,15,20-24,30-32H,2-5,7,10,13-14,16H2,1H3/b12-11+/t20?,21-,22-,23+,24-/m1/s1. The largest absolute Gasteiger partial charge is 0.416 e. The zero-order chi connectivity index (χ0) is 23.7. The molecule has 1 aromatic rings. The van der Waals surface area contributed by atoms with Crippen molar-refractivity contribution in [1.29, 1.82) is 0 Å².